The van der Waals surface area contributed by atoms with Gasteiger partial charge in [0.2, 0.25) is 5.91 Å². The molecule has 20 heavy (non-hydrogen) atoms. The van der Waals surface area contributed by atoms with Gasteiger partial charge in [-0.05, 0) is 56.1 Å². The van der Waals surface area contributed by atoms with Gasteiger partial charge in [-0.3, -0.25) is 4.79 Å². The molecule has 106 valence electrons. The predicted octanol–water partition coefficient (Wildman–Crippen LogP) is 1.94. The number of carbonyl (C=O) groups is 1. The van der Waals surface area contributed by atoms with E-state index in [-0.39, 0.29) is 5.91 Å². The second-order valence-electron chi connectivity index (χ2n) is 5.79. The highest BCUT2D eigenvalue weighted by atomic mass is 16.1. The molecule has 0 bridgehead atoms. The molecule has 1 aromatic heterocycles. The van der Waals surface area contributed by atoms with Crippen molar-refractivity contribution in [1.29, 1.82) is 0 Å². The van der Waals surface area contributed by atoms with Crippen LogP contribution in [0.2, 0.25) is 0 Å². The number of rotatable bonds is 3. The fourth-order valence-corrected chi connectivity index (χ4v) is 3.10. The van der Waals surface area contributed by atoms with Crippen molar-refractivity contribution in [1.82, 2.24) is 9.47 Å². The lowest BCUT2D eigenvalue weighted by Gasteiger charge is -2.30. The van der Waals surface area contributed by atoms with Crippen LogP contribution in [-0.4, -0.2) is 35.5 Å². The maximum Gasteiger partial charge on any atom is 0.221 e. The van der Waals surface area contributed by atoms with Gasteiger partial charge in [0.25, 0.3) is 0 Å². The molecule has 2 N–H and O–H groups in total. The lowest BCUT2D eigenvalue weighted by atomic mass is 10.0. The van der Waals surface area contributed by atoms with Crippen LogP contribution in [0.4, 0.5) is 0 Å². The highest BCUT2D eigenvalue weighted by molar-refractivity contribution is 5.83. The van der Waals surface area contributed by atoms with Crippen molar-refractivity contribution in [2.75, 3.05) is 20.1 Å². The number of primary amides is 1. The van der Waals surface area contributed by atoms with Gasteiger partial charge in [0.05, 0.1) is 6.42 Å². The summed E-state index contributed by atoms with van der Waals surface area (Å²) in [6.45, 7) is 2.29. The van der Waals surface area contributed by atoms with Crippen molar-refractivity contribution >= 4 is 16.8 Å². The van der Waals surface area contributed by atoms with E-state index in [9.17, 15) is 4.79 Å². The van der Waals surface area contributed by atoms with E-state index in [1.54, 1.807) is 0 Å². The molecule has 2 heterocycles. The average molecular weight is 271 g/mol. The number of nitrogens with zero attached hydrogens (tertiary/aromatic N) is 2. The number of hydrogen-bond donors (Lipinski definition) is 1. The summed E-state index contributed by atoms with van der Waals surface area (Å²) in [5, 5.41) is 1.23. The Hall–Kier alpha value is -1.81. The van der Waals surface area contributed by atoms with E-state index in [4.69, 9.17) is 5.73 Å². The lowest BCUT2D eigenvalue weighted by molar-refractivity contribution is -0.117. The number of fused-ring (bicyclic) bond motifs is 1. The number of likely N-dealkylation sites (tertiary alicyclic amines) is 1. The molecule has 4 nitrogen and oxygen atoms in total. The Kier molecular flexibility index (Phi) is 3.49. The van der Waals surface area contributed by atoms with Crippen LogP contribution >= 0.6 is 0 Å². The standard InChI is InChI=1S/C16H21N3O/c1-18-7-5-14(6-8-18)19-9-4-13-3-2-12(10-15(13)19)11-16(17)20/h2-4,9-10,14H,5-8,11H2,1H3,(H2,17,20). The molecule has 0 unspecified atom stereocenters. The van der Waals surface area contributed by atoms with Crippen LogP contribution in [0.15, 0.2) is 30.5 Å². The Morgan fingerprint density at radius 3 is 2.75 bits per heavy atom. The van der Waals surface area contributed by atoms with Crippen molar-refractivity contribution in [3.05, 3.63) is 36.0 Å². The summed E-state index contributed by atoms with van der Waals surface area (Å²) in [4.78, 5) is 13.5. The van der Waals surface area contributed by atoms with Gasteiger partial charge in [-0.25, -0.2) is 0 Å². The molecule has 1 saturated heterocycles. The predicted molar refractivity (Wildman–Crippen MR) is 80.6 cm³/mol. The van der Waals surface area contributed by atoms with Gasteiger partial charge in [-0.2, -0.15) is 0 Å². The molecule has 0 radical (unpaired) electrons. The number of aromatic nitrogens is 1. The first-order valence-corrected chi connectivity index (χ1v) is 7.20. The topological polar surface area (TPSA) is 51.3 Å². The van der Waals surface area contributed by atoms with Crippen LogP contribution < -0.4 is 5.73 Å². The smallest absolute Gasteiger partial charge is 0.221 e. The monoisotopic (exact) mass is 271 g/mol. The average Bonchev–Trinajstić information content (AvgIpc) is 2.82. The Bertz CT molecular complexity index is 624. The maximum absolute atomic E-state index is 11.1. The number of benzene rings is 1. The van der Waals surface area contributed by atoms with E-state index in [2.05, 4.69) is 40.9 Å². The fourth-order valence-electron chi connectivity index (χ4n) is 3.10. The summed E-state index contributed by atoms with van der Waals surface area (Å²) in [5.74, 6) is -0.276. The van der Waals surface area contributed by atoms with Gasteiger partial charge in [0.1, 0.15) is 0 Å². The highest BCUT2D eigenvalue weighted by Gasteiger charge is 2.19. The number of carbonyl (C=O) groups excluding carboxylic acids is 1. The molecule has 0 atom stereocenters. The lowest BCUT2D eigenvalue weighted by Crippen LogP contribution is -2.31. The van der Waals surface area contributed by atoms with Crippen LogP contribution in [0, 0.1) is 0 Å². The number of amides is 1. The zero-order chi connectivity index (χ0) is 14.1. The van der Waals surface area contributed by atoms with E-state index >= 15 is 0 Å². The van der Waals surface area contributed by atoms with Crippen LogP contribution in [0.1, 0.15) is 24.4 Å². The van der Waals surface area contributed by atoms with E-state index in [0.717, 1.165) is 18.7 Å². The van der Waals surface area contributed by atoms with Crippen molar-refractivity contribution in [3.63, 3.8) is 0 Å². The van der Waals surface area contributed by atoms with E-state index in [1.165, 1.54) is 23.7 Å². The molecule has 4 heteroatoms. The minimum atomic E-state index is -0.276. The second kappa shape index (κ2) is 5.29. The summed E-state index contributed by atoms with van der Waals surface area (Å²) >= 11 is 0. The molecule has 3 rings (SSSR count). The van der Waals surface area contributed by atoms with Crippen molar-refractivity contribution in [2.45, 2.75) is 25.3 Å². The molecule has 2 aromatic rings. The van der Waals surface area contributed by atoms with Gasteiger partial charge >= 0.3 is 0 Å². The zero-order valence-corrected chi connectivity index (χ0v) is 11.9. The molecular formula is C16H21N3O. The first-order chi connectivity index (χ1) is 9.63. The summed E-state index contributed by atoms with van der Waals surface area (Å²) in [5.41, 5.74) is 7.51. The molecule has 1 aliphatic heterocycles. The van der Waals surface area contributed by atoms with Gasteiger partial charge in [0.15, 0.2) is 0 Å². The minimum Gasteiger partial charge on any atom is -0.369 e. The Balaban J connectivity index is 1.92. The highest BCUT2D eigenvalue weighted by Crippen LogP contribution is 2.28. The summed E-state index contributed by atoms with van der Waals surface area (Å²) < 4.78 is 2.37. The first kappa shape index (κ1) is 13.2. The largest absolute Gasteiger partial charge is 0.369 e. The summed E-state index contributed by atoms with van der Waals surface area (Å²) in [6, 6.07) is 8.90. The number of hydrogen-bond acceptors (Lipinski definition) is 2. The normalized spacial score (nSPS) is 17.6. The number of piperidine rings is 1. The first-order valence-electron chi connectivity index (χ1n) is 7.20. The van der Waals surface area contributed by atoms with E-state index in [1.807, 2.05) is 6.07 Å². The van der Waals surface area contributed by atoms with Crippen LogP contribution in [0.5, 0.6) is 0 Å². The van der Waals surface area contributed by atoms with Crippen LogP contribution in [0.25, 0.3) is 10.9 Å². The molecule has 0 saturated carbocycles. The third-order valence-electron chi connectivity index (χ3n) is 4.25. The van der Waals surface area contributed by atoms with Gasteiger partial charge < -0.3 is 15.2 Å². The fraction of sp³-hybridized carbons (Fsp3) is 0.438. The minimum absolute atomic E-state index is 0.276. The number of nitrogens with two attached hydrogens (primary N) is 1. The molecule has 0 aliphatic carbocycles. The molecule has 1 aromatic carbocycles. The quantitative estimate of drug-likeness (QED) is 0.927. The second-order valence-corrected chi connectivity index (χ2v) is 5.79. The molecule has 1 aliphatic rings. The molecule has 1 fully saturated rings. The van der Waals surface area contributed by atoms with E-state index in [0.29, 0.717) is 12.5 Å². The van der Waals surface area contributed by atoms with E-state index < -0.39 is 0 Å². The van der Waals surface area contributed by atoms with Gasteiger partial charge in [-0.1, -0.05) is 12.1 Å². The van der Waals surface area contributed by atoms with Gasteiger partial charge in [-0.15, -0.1) is 0 Å². The molecule has 0 spiro atoms. The van der Waals surface area contributed by atoms with Crippen molar-refractivity contribution < 1.29 is 4.79 Å². The molecule has 1 amide bonds. The Morgan fingerprint density at radius 2 is 2.05 bits per heavy atom. The third-order valence-corrected chi connectivity index (χ3v) is 4.25. The van der Waals surface area contributed by atoms with Crippen LogP contribution in [0.3, 0.4) is 0 Å². The molecular weight excluding hydrogens is 250 g/mol. The van der Waals surface area contributed by atoms with Crippen LogP contribution in [-0.2, 0) is 11.2 Å². The van der Waals surface area contributed by atoms with Gasteiger partial charge in [0, 0.05) is 17.8 Å². The van der Waals surface area contributed by atoms with Crippen molar-refractivity contribution in [3.8, 4) is 0 Å². The Labute approximate surface area is 119 Å². The zero-order valence-electron chi connectivity index (χ0n) is 11.9. The maximum atomic E-state index is 11.1. The van der Waals surface area contributed by atoms with Crippen molar-refractivity contribution in [2.24, 2.45) is 5.73 Å². The summed E-state index contributed by atoms with van der Waals surface area (Å²) in [6.07, 6.45) is 4.85. The third kappa shape index (κ3) is 2.56. The SMILES string of the molecule is CN1CCC(n2ccc3ccc(CC(N)=O)cc32)CC1. The summed E-state index contributed by atoms with van der Waals surface area (Å²) in [7, 11) is 2.18. The Morgan fingerprint density at radius 1 is 1.30 bits per heavy atom.